The van der Waals surface area contributed by atoms with Gasteiger partial charge in [-0.2, -0.15) is 0 Å². The molecule has 0 bridgehead atoms. The summed E-state index contributed by atoms with van der Waals surface area (Å²) in [5.41, 5.74) is 6.12. The van der Waals surface area contributed by atoms with Gasteiger partial charge in [-0.05, 0) is 6.07 Å². The predicted octanol–water partition coefficient (Wildman–Crippen LogP) is 1.38. The van der Waals surface area contributed by atoms with Crippen molar-refractivity contribution >= 4 is 17.3 Å². The third-order valence-corrected chi connectivity index (χ3v) is 2.27. The zero-order chi connectivity index (χ0) is 13.9. The van der Waals surface area contributed by atoms with Crippen molar-refractivity contribution in [2.45, 2.75) is 0 Å². The summed E-state index contributed by atoms with van der Waals surface area (Å²) >= 11 is 5.74. The van der Waals surface area contributed by atoms with Gasteiger partial charge in [0.2, 0.25) is 5.88 Å². The van der Waals surface area contributed by atoms with Crippen LogP contribution in [0.3, 0.4) is 0 Å². The summed E-state index contributed by atoms with van der Waals surface area (Å²) in [4.78, 5) is 3.97. The van der Waals surface area contributed by atoms with Crippen molar-refractivity contribution in [1.29, 1.82) is 0 Å². The van der Waals surface area contributed by atoms with Crippen LogP contribution in [-0.4, -0.2) is 51.7 Å². The Balaban J connectivity index is 2.01. The van der Waals surface area contributed by atoms with Crippen LogP contribution in [0.4, 0.5) is 5.69 Å². The van der Waals surface area contributed by atoms with E-state index in [-0.39, 0.29) is 0 Å². The molecule has 0 saturated heterocycles. The summed E-state index contributed by atoms with van der Waals surface area (Å²) in [5.74, 6) is 0.393. The molecule has 0 fully saturated rings. The number of anilines is 1. The van der Waals surface area contributed by atoms with E-state index in [1.165, 1.54) is 0 Å². The molecule has 7 heteroatoms. The first kappa shape index (κ1) is 16.0. The second kappa shape index (κ2) is 9.80. The van der Waals surface area contributed by atoms with E-state index in [1.807, 2.05) is 0 Å². The van der Waals surface area contributed by atoms with Crippen LogP contribution in [0.5, 0.6) is 5.88 Å². The zero-order valence-electron chi connectivity index (χ0n) is 10.9. The summed E-state index contributed by atoms with van der Waals surface area (Å²) in [6, 6.07) is 3.17. The minimum Gasteiger partial charge on any atom is -0.475 e. The van der Waals surface area contributed by atoms with Gasteiger partial charge in [-0.15, -0.1) is 0 Å². The van der Waals surface area contributed by atoms with Crippen LogP contribution in [0.15, 0.2) is 12.1 Å². The molecule has 6 nitrogen and oxygen atoms in total. The Bertz CT molecular complexity index is 345. The number of hydrogen-bond acceptors (Lipinski definition) is 6. The molecule has 0 amide bonds. The highest BCUT2D eigenvalue weighted by Crippen LogP contribution is 2.17. The lowest BCUT2D eigenvalue weighted by Gasteiger charge is -2.07. The molecule has 1 rings (SSSR count). The maximum Gasteiger partial charge on any atom is 0.216 e. The maximum atomic E-state index is 5.74. The first-order chi connectivity index (χ1) is 9.22. The average Bonchev–Trinajstić information content (AvgIpc) is 2.36. The highest BCUT2D eigenvalue weighted by molar-refractivity contribution is 6.29. The summed E-state index contributed by atoms with van der Waals surface area (Å²) < 4.78 is 20.7. The Labute approximate surface area is 117 Å². The molecule has 0 aliphatic carbocycles. The number of nitrogens with two attached hydrogens (primary N) is 1. The van der Waals surface area contributed by atoms with Crippen LogP contribution < -0.4 is 10.5 Å². The molecule has 2 N–H and O–H groups in total. The van der Waals surface area contributed by atoms with Crippen LogP contribution in [0.1, 0.15) is 0 Å². The molecule has 1 heterocycles. The van der Waals surface area contributed by atoms with E-state index in [0.717, 1.165) is 0 Å². The molecule has 19 heavy (non-hydrogen) atoms. The van der Waals surface area contributed by atoms with E-state index in [1.54, 1.807) is 19.2 Å². The number of ether oxygens (including phenoxy) is 4. The SMILES string of the molecule is COCCOCCOCCOc1cc(N)cc(Cl)n1. The van der Waals surface area contributed by atoms with Gasteiger partial charge in [-0.25, -0.2) is 4.98 Å². The highest BCUT2D eigenvalue weighted by atomic mass is 35.5. The van der Waals surface area contributed by atoms with Crippen molar-refractivity contribution in [3.8, 4) is 5.88 Å². The van der Waals surface area contributed by atoms with Crippen molar-refractivity contribution in [1.82, 2.24) is 4.98 Å². The number of rotatable bonds is 10. The quantitative estimate of drug-likeness (QED) is 0.518. The Morgan fingerprint density at radius 1 is 1.05 bits per heavy atom. The van der Waals surface area contributed by atoms with Gasteiger partial charge < -0.3 is 24.7 Å². The zero-order valence-corrected chi connectivity index (χ0v) is 11.7. The van der Waals surface area contributed by atoms with Gasteiger partial charge in [0.25, 0.3) is 0 Å². The summed E-state index contributed by atoms with van der Waals surface area (Å²) in [6.07, 6.45) is 0. The molecule has 0 aliphatic heterocycles. The van der Waals surface area contributed by atoms with Crippen LogP contribution in [0, 0.1) is 0 Å². The van der Waals surface area contributed by atoms with Gasteiger partial charge in [0.05, 0.1) is 33.0 Å². The number of nitrogen functional groups attached to an aromatic ring is 1. The van der Waals surface area contributed by atoms with E-state index < -0.39 is 0 Å². The van der Waals surface area contributed by atoms with E-state index in [2.05, 4.69) is 4.98 Å². The monoisotopic (exact) mass is 290 g/mol. The Hall–Kier alpha value is -1.08. The molecule has 0 atom stereocenters. The molecule has 108 valence electrons. The number of methoxy groups -OCH3 is 1. The second-order valence-corrected chi connectivity index (χ2v) is 4.01. The number of nitrogens with zero attached hydrogens (tertiary/aromatic N) is 1. The van der Waals surface area contributed by atoms with Gasteiger partial charge in [-0.3, -0.25) is 0 Å². The molecule has 0 saturated carbocycles. The number of hydrogen-bond donors (Lipinski definition) is 1. The average molecular weight is 291 g/mol. The van der Waals surface area contributed by atoms with Crippen LogP contribution in [-0.2, 0) is 14.2 Å². The van der Waals surface area contributed by atoms with Crippen molar-refractivity contribution in [2.75, 3.05) is 52.5 Å². The first-order valence-corrected chi connectivity index (χ1v) is 6.30. The molecule has 0 aromatic carbocycles. The minimum absolute atomic E-state index is 0.308. The van der Waals surface area contributed by atoms with Crippen LogP contribution in [0.25, 0.3) is 0 Å². The number of pyridine rings is 1. The van der Waals surface area contributed by atoms with E-state index >= 15 is 0 Å². The largest absolute Gasteiger partial charge is 0.475 e. The van der Waals surface area contributed by atoms with Gasteiger partial charge >= 0.3 is 0 Å². The highest BCUT2D eigenvalue weighted by Gasteiger charge is 2.00. The standard InChI is InChI=1S/C12H19ClN2O4/c1-16-2-3-17-4-5-18-6-7-19-12-9-10(14)8-11(13)15-12/h8-9H,2-7H2,1H3,(H2,14,15). The first-order valence-electron chi connectivity index (χ1n) is 5.92. The fourth-order valence-electron chi connectivity index (χ4n) is 1.23. The Kier molecular flexibility index (Phi) is 8.24. The van der Waals surface area contributed by atoms with Crippen molar-refractivity contribution in [3.05, 3.63) is 17.3 Å². The van der Waals surface area contributed by atoms with E-state index in [0.29, 0.717) is 56.4 Å². The van der Waals surface area contributed by atoms with E-state index in [9.17, 15) is 0 Å². The van der Waals surface area contributed by atoms with Gasteiger partial charge in [-0.1, -0.05) is 11.6 Å². The molecule has 0 spiro atoms. The Morgan fingerprint density at radius 3 is 2.32 bits per heavy atom. The van der Waals surface area contributed by atoms with Crippen molar-refractivity contribution in [2.24, 2.45) is 0 Å². The third-order valence-electron chi connectivity index (χ3n) is 2.07. The lowest BCUT2D eigenvalue weighted by Crippen LogP contribution is -2.12. The fraction of sp³-hybridized carbons (Fsp3) is 0.583. The summed E-state index contributed by atoms with van der Waals surface area (Å²) in [7, 11) is 1.63. The molecule has 1 aromatic rings. The predicted molar refractivity (Wildman–Crippen MR) is 72.7 cm³/mol. The van der Waals surface area contributed by atoms with Gasteiger partial charge in [0.15, 0.2) is 0 Å². The summed E-state index contributed by atoms with van der Waals surface area (Å²) in [6.45, 7) is 3.03. The van der Waals surface area contributed by atoms with Crippen molar-refractivity contribution < 1.29 is 18.9 Å². The maximum absolute atomic E-state index is 5.74. The molecular formula is C12H19ClN2O4. The summed E-state index contributed by atoms with van der Waals surface area (Å²) in [5, 5.41) is 0.308. The van der Waals surface area contributed by atoms with E-state index in [4.69, 9.17) is 36.3 Å². The lowest BCUT2D eigenvalue weighted by atomic mass is 10.4. The lowest BCUT2D eigenvalue weighted by molar-refractivity contribution is 0.0176. The van der Waals surface area contributed by atoms with Crippen LogP contribution in [0.2, 0.25) is 5.15 Å². The second-order valence-electron chi connectivity index (χ2n) is 3.63. The van der Waals surface area contributed by atoms with Gasteiger partial charge in [0.1, 0.15) is 11.8 Å². The molecule has 0 radical (unpaired) electrons. The van der Waals surface area contributed by atoms with Crippen molar-refractivity contribution in [3.63, 3.8) is 0 Å². The molecule has 0 aliphatic rings. The van der Waals surface area contributed by atoms with Crippen LogP contribution >= 0.6 is 11.6 Å². The Morgan fingerprint density at radius 2 is 1.68 bits per heavy atom. The minimum atomic E-state index is 0.308. The molecule has 1 aromatic heterocycles. The fourth-order valence-corrected chi connectivity index (χ4v) is 1.44. The smallest absolute Gasteiger partial charge is 0.216 e. The molecule has 0 unspecified atom stereocenters. The third kappa shape index (κ3) is 7.84. The normalized spacial score (nSPS) is 10.6. The molecular weight excluding hydrogens is 272 g/mol. The van der Waals surface area contributed by atoms with Gasteiger partial charge in [0, 0.05) is 18.9 Å². The topological polar surface area (TPSA) is 75.8 Å². The number of halogens is 1. The number of aromatic nitrogens is 1.